The van der Waals surface area contributed by atoms with Crippen LogP contribution in [-0.4, -0.2) is 44.8 Å². The van der Waals surface area contributed by atoms with Gasteiger partial charge >= 0.3 is 0 Å². The Morgan fingerprint density at radius 1 is 1.15 bits per heavy atom. The number of carbonyl (C=O) groups excluding carboxylic acids is 1. The topological polar surface area (TPSA) is 88.1 Å². The number of benzene rings is 2. The maximum Gasteiger partial charge on any atom is 0.255 e. The lowest BCUT2D eigenvalue weighted by Crippen LogP contribution is -2.38. The Bertz CT molecular complexity index is 850. The summed E-state index contributed by atoms with van der Waals surface area (Å²) in [5.74, 6) is 0.201. The first-order valence-corrected chi connectivity index (χ1v) is 9.68. The van der Waals surface area contributed by atoms with Crippen molar-refractivity contribution in [1.29, 1.82) is 0 Å². The largest absolute Gasteiger partial charge is 0.497 e. The second kappa shape index (κ2) is 9.12. The molecule has 26 heavy (non-hydrogen) atoms. The van der Waals surface area contributed by atoms with E-state index in [2.05, 4.69) is 10.5 Å². The molecule has 0 atom stereocenters. The standard InChI is InChI=1S/C18H21N3O4S/c1-25-17-10-8-15(9-11-17)12-19-20-18(22)14-21(26(2,23)24)13-16-6-4-3-5-7-16/h3-12H,13-14H2,1-2H3,(H,20,22)/b19-12-. The zero-order chi connectivity index (χ0) is 19.0. The summed E-state index contributed by atoms with van der Waals surface area (Å²) in [5, 5.41) is 3.85. The number of nitrogens with one attached hydrogen (secondary N) is 1. The molecule has 0 aromatic heterocycles. The number of nitrogens with zero attached hydrogens (tertiary/aromatic N) is 2. The maximum atomic E-state index is 12.0. The summed E-state index contributed by atoms with van der Waals surface area (Å²) in [7, 11) is -1.96. The minimum Gasteiger partial charge on any atom is -0.497 e. The van der Waals surface area contributed by atoms with E-state index in [1.165, 1.54) is 6.21 Å². The van der Waals surface area contributed by atoms with Crippen LogP contribution in [0.4, 0.5) is 0 Å². The fourth-order valence-corrected chi connectivity index (χ4v) is 2.88. The summed E-state index contributed by atoms with van der Waals surface area (Å²) in [6.45, 7) is -0.192. The smallest absolute Gasteiger partial charge is 0.255 e. The van der Waals surface area contributed by atoms with E-state index >= 15 is 0 Å². The van der Waals surface area contributed by atoms with Crippen molar-refractivity contribution in [2.24, 2.45) is 5.10 Å². The van der Waals surface area contributed by atoms with Gasteiger partial charge in [0.2, 0.25) is 10.0 Å². The minimum absolute atomic E-state index is 0.120. The molecule has 7 nitrogen and oxygen atoms in total. The van der Waals surface area contributed by atoms with E-state index in [0.29, 0.717) is 0 Å². The van der Waals surface area contributed by atoms with E-state index in [0.717, 1.165) is 27.4 Å². The first-order valence-electron chi connectivity index (χ1n) is 7.83. The fourth-order valence-electron chi connectivity index (χ4n) is 2.14. The minimum atomic E-state index is -3.54. The SMILES string of the molecule is COc1ccc(/C=N\NC(=O)CN(Cc2ccccc2)S(C)(=O)=O)cc1. The molecule has 8 heteroatoms. The molecule has 0 saturated carbocycles. The van der Waals surface area contributed by atoms with Gasteiger partial charge in [0.25, 0.3) is 5.91 Å². The van der Waals surface area contributed by atoms with Crippen LogP contribution in [0.15, 0.2) is 59.7 Å². The molecule has 0 unspecified atom stereocenters. The predicted molar refractivity (Wildman–Crippen MR) is 100 cm³/mol. The second-order valence-corrected chi connectivity index (χ2v) is 7.57. The Hall–Kier alpha value is -2.71. The third kappa shape index (κ3) is 6.30. The number of rotatable bonds is 8. The Morgan fingerprint density at radius 3 is 2.38 bits per heavy atom. The van der Waals surface area contributed by atoms with Crippen molar-refractivity contribution in [3.63, 3.8) is 0 Å². The zero-order valence-electron chi connectivity index (χ0n) is 14.6. The van der Waals surface area contributed by atoms with Crippen molar-refractivity contribution in [3.8, 4) is 5.75 Å². The lowest BCUT2D eigenvalue weighted by molar-refractivity contribution is -0.121. The molecular weight excluding hydrogens is 354 g/mol. The number of methoxy groups -OCH3 is 1. The number of amides is 1. The normalized spacial score (nSPS) is 11.7. The van der Waals surface area contributed by atoms with Crippen molar-refractivity contribution >= 4 is 22.1 Å². The molecule has 1 amide bonds. The van der Waals surface area contributed by atoms with E-state index in [4.69, 9.17) is 4.74 Å². The van der Waals surface area contributed by atoms with Gasteiger partial charge in [-0.05, 0) is 35.4 Å². The molecule has 0 fully saturated rings. The van der Waals surface area contributed by atoms with E-state index in [9.17, 15) is 13.2 Å². The van der Waals surface area contributed by atoms with Crippen LogP contribution < -0.4 is 10.2 Å². The van der Waals surface area contributed by atoms with Crippen LogP contribution in [0.25, 0.3) is 0 Å². The molecule has 0 aliphatic heterocycles. The maximum absolute atomic E-state index is 12.0. The van der Waals surface area contributed by atoms with Gasteiger partial charge in [0.15, 0.2) is 0 Å². The molecule has 0 bridgehead atoms. The summed E-state index contributed by atoms with van der Waals surface area (Å²) in [4.78, 5) is 12.0. The summed E-state index contributed by atoms with van der Waals surface area (Å²) in [5.41, 5.74) is 3.91. The van der Waals surface area contributed by atoms with Crippen molar-refractivity contribution in [1.82, 2.24) is 9.73 Å². The Labute approximate surface area is 153 Å². The molecule has 0 aliphatic rings. The molecular formula is C18H21N3O4S. The van der Waals surface area contributed by atoms with Crippen molar-refractivity contribution in [3.05, 3.63) is 65.7 Å². The van der Waals surface area contributed by atoms with Gasteiger partial charge in [0.05, 0.1) is 26.1 Å². The average molecular weight is 375 g/mol. The molecule has 0 saturated heterocycles. The number of hydrogen-bond acceptors (Lipinski definition) is 5. The van der Waals surface area contributed by atoms with Crippen LogP contribution >= 0.6 is 0 Å². The van der Waals surface area contributed by atoms with Crippen LogP contribution in [0.3, 0.4) is 0 Å². The van der Waals surface area contributed by atoms with Gasteiger partial charge in [-0.1, -0.05) is 30.3 Å². The molecule has 0 spiro atoms. The average Bonchev–Trinajstić information content (AvgIpc) is 2.62. The van der Waals surface area contributed by atoms with Crippen LogP contribution in [0.1, 0.15) is 11.1 Å². The highest BCUT2D eigenvalue weighted by molar-refractivity contribution is 7.88. The van der Waals surface area contributed by atoms with E-state index < -0.39 is 15.9 Å². The molecule has 2 rings (SSSR count). The van der Waals surface area contributed by atoms with E-state index in [1.807, 2.05) is 18.2 Å². The lowest BCUT2D eigenvalue weighted by atomic mass is 10.2. The number of hydrogen-bond donors (Lipinski definition) is 1. The van der Waals surface area contributed by atoms with Crippen molar-refractivity contribution in [2.45, 2.75) is 6.54 Å². The third-order valence-corrected chi connectivity index (χ3v) is 4.71. The van der Waals surface area contributed by atoms with Crippen LogP contribution in [0.5, 0.6) is 5.75 Å². The Morgan fingerprint density at radius 2 is 1.81 bits per heavy atom. The summed E-state index contributed by atoms with van der Waals surface area (Å²) in [6, 6.07) is 16.2. The Balaban J connectivity index is 1.95. The van der Waals surface area contributed by atoms with Crippen LogP contribution in [0.2, 0.25) is 0 Å². The fraction of sp³-hybridized carbons (Fsp3) is 0.222. The first kappa shape index (κ1) is 19.6. The van der Waals surface area contributed by atoms with Gasteiger partial charge in [0.1, 0.15) is 5.75 Å². The quantitative estimate of drug-likeness (QED) is 0.561. The monoisotopic (exact) mass is 375 g/mol. The van der Waals surface area contributed by atoms with Gasteiger partial charge in [-0.25, -0.2) is 13.8 Å². The lowest BCUT2D eigenvalue weighted by Gasteiger charge is -2.18. The van der Waals surface area contributed by atoms with Gasteiger partial charge < -0.3 is 4.74 Å². The number of carbonyl (C=O) groups is 1. The molecule has 2 aromatic rings. The van der Waals surface area contributed by atoms with Crippen LogP contribution in [0, 0.1) is 0 Å². The number of sulfonamides is 1. The van der Waals surface area contributed by atoms with E-state index in [-0.39, 0.29) is 13.1 Å². The molecule has 0 radical (unpaired) electrons. The molecule has 0 aliphatic carbocycles. The predicted octanol–water partition coefficient (Wildman–Crippen LogP) is 1.61. The second-order valence-electron chi connectivity index (χ2n) is 5.58. The zero-order valence-corrected chi connectivity index (χ0v) is 15.4. The highest BCUT2D eigenvalue weighted by Crippen LogP contribution is 2.10. The van der Waals surface area contributed by atoms with Crippen molar-refractivity contribution < 1.29 is 17.9 Å². The summed E-state index contributed by atoms with van der Waals surface area (Å²) in [6.07, 6.45) is 2.54. The molecule has 0 heterocycles. The highest BCUT2D eigenvalue weighted by Gasteiger charge is 2.20. The van der Waals surface area contributed by atoms with Gasteiger partial charge in [-0.3, -0.25) is 4.79 Å². The molecule has 1 N–H and O–H groups in total. The summed E-state index contributed by atoms with van der Waals surface area (Å²) >= 11 is 0. The number of ether oxygens (including phenoxy) is 1. The van der Waals surface area contributed by atoms with E-state index in [1.54, 1.807) is 43.5 Å². The number of hydrazone groups is 1. The van der Waals surface area contributed by atoms with Crippen LogP contribution in [-0.2, 0) is 21.4 Å². The highest BCUT2D eigenvalue weighted by atomic mass is 32.2. The summed E-state index contributed by atoms with van der Waals surface area (Å²) < 4.78 is 30.0. The molecule has 138 valence electrons. The Kier molecular flexibility index (Phi) is 6.88. The van der Waals surface area contributed by atoms with Gasteiger partial charge in [0, 0.05) is 6.54 Å². The van der Waals surface area contributed by atoms with Gasteiger partial charge in [-0.15, -0.1) is 0 Å². The first-order chi connectivity index (χ1) is 12.4. The molecule has 2 aromatic carbocycles. The van der Waals surface area contributed by atoms with Gasteiger partial charge in [-0.2, -0.15) is 9.41 Å². The van der Waals surface area contributed by atoms with Crippen molar-refractivity contribution in [2.75, 3.05) is 19.9 Å². The third-order valence-electron chi connectivity index (χ3n) is 3.51.